The zero-order valence-electron chi connectivity index (χ0n) is 14.6. The Bertz CT molecular complexity index is 740. The highest BCUT2D eigenvalue weighted by atomic mass is 31.2. The molecule has 3 rings (SSSR count). The molecule has 0 saturated heterocycles. The van der Waals surface area contributed by atoms with Crippen molar-refractivity contribution in [2.24, 2.45) is 0 Å². The van der Waals surface area contributed by atoms with Crippen molar-refractivity contribution in [1.82, 2.24) is 0 Å². The molecule has 0 aromatic heterocycles. The van der Waals surface area contributed by atoms with Gasteiger partial charge in [0, 0.05) is 0 Å². The monoisotopic (exact) mass is 422 g/mol. The molecule has 2 aromatic rings. The van der Waals surface area contributed by atoms with Crippen molar-refractivity contribution in [3.63, 3.8) is 0 Å². The minimum atomic E-state index is -4.64. The molecule has 0 atom stereocenters. The molecule has 152 valence electrons. The van der Waals surface area contributed by atoms with Crippen LogP contribution in [0.4, 0.5) is 26.3 Å². The van der Waals surface area contributed by atoms with E-state index in [2.05, 4.69) is 0 Å². The van der Waals surface area contributed by atoms with Crippen LogP contribution in [0.25, 0.3) is 0 Å². The van der Waals surface area contributed by atoms with Gasteiger partial charge in [-0.05, 0) is 37.1 Å². The van der Waals surface area contributed by atoms with Gasteiger partial charge in [0.15, 0.2) is 0 Å². The Morgan fingerprint density at radius 2 is 1.07 bits per heavy atom. The van der Waals surface area contributed by atoms with Crippen LogP contribution in [0.1, 0.15) is 36.8 Å². The second-order valence-electron chi connectivity index (χ2n) is 6.39. The number of hydrogen-bond donors (Lipinski definition) is 0. The highest BCUT2D eigenvalue weighted by Gasteiger charge is 2.39. The maximum Gasteiger partial charge on any atom is 0.419 e. The second-order valence-corrected chi connectivity index (χ2v) is 8.06. The molecule has 0 N–H and O–H groups in total. The van der Waals surface area contributed by atoms with E-state index in [1.807, 2.05) is 0 Å². The predicted molar refractivity (Wildman–Crippen MR) is 93.3 cm³/mol. The fourth-order valence-corrected chi connectivity index (χ4v) is 4.87. The minimum absolute atomic E-state index is 0.238. The summed E-state index contributed by atoms with van der Waals surface area (Å²) in [5, 5.41) is 0. The summed E-state index contributed by atoms with van der Waals surface area (Å²) in [5.74, 6) is -0.866. The van der Waals surface area contributed by atoms with Crippen molar-refractivity contribution in [2.75, 3.05) is 0 Å². The van der Waals surface area contributed by atoms with Gasteiger partial charge in [0.2, 0.25) is 0 Å². The van der Waals surface area contributed by atoms with Crippen molar-refractivity contribution in [3.8, 4) is 11.5 Å². The van der Waals surface area contributed by atoms with Crippen LogP contribution in [0.5, 0.6) is 11.5 Å². The maximum absolute atomic E-state index is 13.3. The molecule has 0 heterocycles. The van der Waals surface area contributed by atoms with E-state index < -0.39 is 43.4 Å². The lowest BCUT2D eigenvalue weighted by molar-refractivity contribution is -0.138. The molecule has 1 aliphatic carbocycles. The third-order valence-electron chi connectivity index (χ3n) is 4.38. The summed E-state index contributed by atoms with van der Waals surface area (Å²) in [6.45, 7) is 0. The van der Waals surface area contributed by atoms with Crippen LogP contribution >= 0.6 is 8.38 Å². The van der Waals surface area contributed by atoms with E-state index in [1.165, 1.54) is 24.3 Å². The van der Waals surface area contributed by atoms with Crippen molar-refractivity contribution in [1.29, 1.82) is 0 Å². The third-order valence-corrected chi connectivity index (χ3v) is 6.25. The highest BCUT2D eigenvalue weighted by molar-refractivity contribution is 7.49. The molecule has 1 fully saturated rings. The summed E-state index contributed by atoms with van der Waals surface area (Å²) in [5.41, 5.74) is -2.20. The minimum Gasteiger partial charge on any atom is -0.438 e. The summed E-state index contributed by atoms with van der Waals surface area (Å²) >= 11 is 0. The Hall–Kier alpha value is -1.95. The zero-order chi connectivity index (χ0) is 20.4. The van der Waals surface area contributed by atoms with Crippen molar-refractivity contribution in [2.45, 2.75) is 43.7 Å². The topological polar surface area (TPSA) is 18.5 Å². The van der Waals surface area contributed by atoms with Crippen molar-refractivity contribution < 1.29 is 35.4 Å². The summed E-state index contributed by atoms with van der Waals surface area (Å²) in [6.07, 6.45) is -6.35. The average Bonchev–Trinajstić information content (AvgIpc) is 3.15. The van der Waals surface area contributed by atoms with Crippen LogP contribution in [0, 0.1) is 0 Å². The Morgan fingerprint density at radius 3 is 1.46 bits per heavy atom. The third kappa shape index (κ3) is 4.90. The molecule has 0 radical (unpaired) electrons. The molecule has 9 heteroatoms. The maximum atomic E-state index is 13.3. The Balaban J connectivity index is 1.93. The molecule has 0 amide bonds. The lowest BCUT2D eigenvalue weighted by Crippen LogP contribution is -2.14. The first-order valence-electron chi connectivity index (χ1n) is 8.64. The lowest BCUT2D eigenvalue weighted by atomic mass is 10.2. The molecule has 2 nitrogen and oxygen atoms in total. The molecular weight excluding hydrogens is 405 g/mol. The van der Waals surface area contributed by atoms with Gasteiger partial charge in [0.1, 0.15) is 11.5 Å². The van der Waals surface area contributed by atoms with Crippen LogP contribution < -0.4 is 9.05 Å². The summed E-state index contributed by atoms with van der Waals surface area (Å²) in [6, 6.07) is 9.30. The Kier molecular flexibility index (Phi) is 6.08. The second kappa shape index (κ2) is 8.19. The predicted octanol–water partition coefficient (Wildman–Crippen LogP) is 7.44. The van der Waals surface area contributed by atoms with Gasteiger partial charge in [-0.3, -0.25) is 0 Å². The summed E-state index contributed by atoms with van der Waals surface area (Å²) < 4.78 is 90.7. The summed E-state index contributed by atoms with van der Waals surface area (Å²) in [7, 11) is -2.04. The van der Waals surface area contributed by atoms with Gasteiger partial charge in [-0.1, -0.05) is 37.1 Å². The number of benzene rings is 2. The van der Waals surface area contributed by atoms with Crippen LogP contribution in [-0.2, 0) is 12.4 Å². The smallest absolute Gasteiger partial charge is 0.419 e. The van der Waals surface area contributed by atoms with Gasteiger partial charge >= 0.3 is 12.4 Å². The van der Waals surface area contributed by atoms with Gasteiger partial charge in [0.05, 0.1) is 16.8 Å². The Morgan fingerprint density at radius 1 is 0.679 bits per heavy atom. The number of para-hydroxylation sites is 2. The van der Waals surface area contributed by atoms with E-state index in [0.29, 0.717) is 12.8 Å². The molecule has 0 aliphatic heterocycles. The summed E-state index contributed by atoms with van der Waals surface area (Å²) in [4.78, 5) is 0. The fraction of sp³-hybridized carbons (Fsp3) is 0.368. The van der Waals surface area contributed by atoms with E-state index in [4.69, 9.17) is 9.05 Å². The van der Waals surface area contributed by atoms with Crippen LogP contribution in [0.15, 0.2) is 48.5 Å². The van der Waals surface area contributed by atoms with Gasteiger partial charge in [-0.15, -0.1) is 0 Å². The first-order valence-corrected chi connectivity index (χ1v) is 9.88. The molecule has 0 bridgehead atoms. The molecule has 0 spiro atoms. The number of rotatable bonds is 5. The van der Waals surface area contributed by atoms with Crippen molar-refractivity contribution in [3.05, 3.63) is 59.7 Å². The lowest BCUT2D eigenvalue weighted by Gasteiger charge is -2.26. The number of halogens is 6. The van der Waals surface area contributed by atoms with E-state index in [1.54, 1.807) is 0 Å². The Labute approximate surface area is 159 Å². The molecule has 1 aliphatic rings. The number of hydrogen-bond acceptors (Lipinski definition) is 2. The molecule has 1 saturated carbocycles. The first-order chi connectivity index (χ1) is 13.2. The fourth-order valence-electron chi connectivity index (χ4n) is 3.04. The van der Waals surface area contributed by atoms with E-state index >= 15 is 0 Å². The SMILES string of the molecule is FC(F)(F)c1ccccc1OP(Oc1ccccc1C(F)(F)F)C1CCCC1. The van der Waals surface area contributed by atoms with E-state index in [9.17, 15) is 26.3 Å². The first kappa shape index (κ1) is 20.8. The van der Waals surface area contributed by atoms with Gasteiger partial charge in [-0.2, -0.15) is 26.3 Å². The molecule has 0 unspecified atom stereocenters. The number of alkyl halides is 6. The standard InChI is InChI=1S/C19H17F6O2P/c20-18(21,22)14-9-3-5-11-16(14)26-28(13-7-1-2-8-13)27-17-12-6-4-10-15(17)19(23,24)25/h3-6,9-13H,1-2,7-8H2. The van der Waals surface area contributed by atoms with Crippen LogP contribution in [0.3, 0.4) is 0 Å². The normalized spacial score (nSPS) is 15.8. The van der Waals surface area contributed by atoms with Crippen LogP contribution in [-0.4, -0.2) is 5.66 Å². The van der Waals surface area contributed by atoms with Gasteiger partial charge in [0.25, 0.3) is 8.38 Å². The molecular formula is C19H17F6O2P. The molecule has 2 aromatic carbocycles. The quantitative estimate of drug-likeness (QED) is 0.368. The van der Waals surface area contributed by atoms with Crippen molar-refractivity contribution >= 4 is 8.38 Å². The van der Waals surface area contributed by atoms with Crippen LogP contribution in [0.2, 0.25) is 0 Å². The average molecular weight is 422 g/mol. The van der Waals surface area contributed by atoms with Gasteiger partial charge in [-0.25, -0.2) is 0 Å². The highest BCUT2D eigenvalue weighted by Crippen LogP contribution is 2.53. The van der Waals surface area contributed by atoms with E-state index in [0.717, 1.165) is 37.1 Å². The largest absolute Gasteiger partial charge is 0.438 e. The van der Waals surface area contributed by atoms with Gasteiger partial charge < -0.3 is 9.05 Å². The van der Waals surface area contributed by atoms with E-state index in [-0.39, 0.29) is 5.66 Å². The molecule has 28 heavy (non-hydrogen) atoms. The zero-order valence-corrected chi connectivity index (χ0v) is 15.5.